The van der Waals surface area contributed by atoms with Crippen LogP contribution in [-0.2, 0) is 0 Å². The van der Waals surface area contributed by atoms with E-state index in [1.165, 1.54) is 10.9 Å². The quantitative estimate of drug-likeness (QED) is 0.647. The second-order valence-corrected chi connectivity index (χ2v) is 4.25. The largest absolute Gasteiger partial charge is 0.264 e. The lowest BCUT2D eigenvalue weighted by Gasteiger charge is -2.11. The van der Waals surface area contributed by atoms with Crippen LogP contribution in [-0.4, -0.2) is 9.78 Å². The van der Waals surface area contributed by atoms with Gasteiger partial charge in [0, 0.05) is 11.6 Å². The summed E-state index contributed by atoms with van der Waals surface area (Å²) in [5.74, 6) is 0. The molecular weight excluding hydrogens is 208 g/mol. The van der Waals surface area contributed by atoms with Gasteiger partial charge < -0.3 is 0 Å². The van der Waals surface area contributed by atoms with Crippen LogP contribution < -0.4 is 0 Å². The first-order chi connectivity index (χ1) is 8.34. The zero-order valence-corrected chi connectivity index (χ0v) is 9.75. The molecule has 2 aromatic carbocycles. The van der Waals surface area contributed by atoms with E-state index in [2.05, 4.69) is 48.6 Å². The highest BCUT2D eigenvalue weighted by Gasteiger charge is 2.08. The Labute approximate surface area is 101 Å². The third-order valence-corrected chi connectivity index (χ3v) is 3.11. The maximum absolute atomic E-state index is 4.61. The Balaban J connectivity index is 2.04. The molecule has 84 valence electrons. The number of hydrogen-bond donors (Lipinski definition) is 0. The zero-order chi connectivity index (χ0) is 11.7. The minimum atomic E-state index is 0.267. The predicted molar refractivity (Wildman–Crippen MR) is 70.0 cm³/mol. The molecule has 1 heterocycles. The standard InChI is InChI=1S/C15H14N2/c1-12(13-7-3-2-4-8-13)17-11-14-9-5-6-10-15(14)16-17/h2-12H,1H3. The van der Waals surface area contributed by atoms with Crippen LogP contribution in [0.2, 0.25) is 0 Å². The molecule has 0 radical (unpaired) electrons. The summed E-state index contributed by atoms with van der Waals surface area (Å²) < 4.78 is 2.03. The molecule has 0 N–H and O–H groups in total. The van der Waals surface area contributed by atoms with Crippen molar-refractivity contribution < 1.29 is 0 Å². The zero-order valence-electron chi connectivity index (χ0n) is 9.75. The number of fused-ring (bicyclic) bond motifs is 1. The fourth-order valence-corrected chi connectivity index (χ4v) is 2.07. The van der Waals surface area contributed by atoms with Gasteiger partial charge in [0.15, 0.2) is 0 Å². The van der Waals surface area contributed by atoms with E-state index in [1.54, 1.807) is 0 Å². The molecule has 1 unspecified atom stereocenters. The van der Waals surface area contributed by atoms with E-state index in [4.69, 9.17) is 0 Å². The fraction of sp³-hybridized carbons (Fsp3) is 0.133. The summed E-state index contributed by atoms with van der Waals surface area (Å²) in [7, 11) is 0. The van der Waals surface area contributed by atoms with Gasteiger partial charge in [0.1, 0.15) is 0 Å². The fourth-order valence-electron chi connectivity index (χ4n) is 2.07. The van der Waals surface area contributed by atoms with Gasteiger partial charge in [-0.15, -0.1) is 0 Å². The van der Waals surface area contributed by atoms with Crippen molar-refractivity contribution in [1.29, 1.82) is 0 Å². The lowest BCUT2D eigenvalue weighted by Crippen LogP contribution is -2.06. The molecule has 0 bridgehead atoms. The topological polar surface area (TPSA) is 17.8 Å². The molecule has 3 rings (SSSR count). The van der Waals surface area contributed by atoms with E-state index in [1.807, 2.05) is 28.9 Å². The Morgan fingerprint density at radius 1 is 0.941 bits per heavy atom. The van der Waals surface area contributed by atoms with Crippen molar-refractivity contribution in [1.82, 2.24) is 9.78 Å². The van der Waals surface area contributed by atoms with E-state index in [-0.39, 0.29) is 6.04 Å². The van der Waals surface area contributed by atoms with Crippen LogP contribution >= 0.6 is 0 Å². The van der Waals surface area contributed by atoms with Crippen molar-refractivity contribution in [3.8, 4) is 0 Å². The third kappa shape index (κ3) is 1.82. The molecule has 17 heavy (non-hydrogen) atoms. The number of nitrogens with zero attached hydrogens (tertiary/aromatic N) is 2. The normalized spacial score (nSPS) is 12.8. The maximum atomic E-state index is 4.61. The second kappa shape index (κ2) is 4.06. The average Bonchev–Trinajstić information content (AvgIpc) is 2.82. The van der Waals surface area contributed by atoms with Gasteiger partial charge in [0.05, 0.1) is 11.6 Å². The summed E-state index contributed by atoms with van der Waals surface area (Å²) in [6.45, 7) is 2.17. The Kier molecular flexibility index (Phi) is 2.41. The molecule has 2 heteroatoms. The highest BCUT2D eigenvalue weighted by atomic mass is 15.3. The van der Waals surface area contributed by atoms with E-state index < -0.39 is 0 Å². The molecule has 3 aromatic rings. The second-order valence-electron chi connectivity index (χ2n) is 4.25. The highest BCUT2D eigenvalue weighted by Crippen LogP contribution is 2.20. The van der Waals surface area contributed by atoms with Crippen LogP contribution in [0, 0.1) is 0 Å². The molecule has 0 aliphatic carbocycles. The van der Waals surface area contributed by atoms with Crippen LogP contribution in [0.1, 0.15) is 18.5 Å². The molecule has 1 atom stereocenters. The van der Waals surface area contributed by atoms with Gasteiger partial charge in [0.25, 0.3) is 0 Å². The van der Waals surface area contributed by atoms with Crippen LogP contribution in [0.3, 0.4) is 0 Å². The van der Waals surface area contributed by atoms with Crippen LogP contribution in [0.5, 0.6) is 0 Å². The van der Waals surface area contributed by atoms with Gasteiger partial charge in [-0.2, -0.15) is 5.10 Å². The summed E-state index contributed by atoms with van der Waals surface area (Å²) >= 11 is 0. The van der Waals surface area contributed by atoms with Crippen molar-refractivity contribution in [2.45, 2.75) is 13.0 Å². The summed E-state index contributed by atoms with van der Waals surface area (Å²) in [5.41, 5.74) is 2.33. The highest BCUT2D eigenvalue weighted by molar-refractivity contribution is 5.77. The lowest BCUT2D eigenvalue weighted by molar-refractivity contribution is 0.570. The molecule has 0 fully saturated rings. The number of rotatable bonds is 2. The van der Waals surface area contributed by atoms with Crippen molar-refractivity contribution in [3.05, 3.63) is 66.4 Å². The minimum absolute atomic E-state index is 0.267. The molecule has 2 nitrogen and oxygen atoms in total. The summed E-state index contributed by atoms with van der Waals surface area (Å²) in [6.07, 6.45) is 2.10. The Morgan fingerprint density at radius 2 is 1.65 bits per heavy atom. The van der Waals surface area contributed by atoms with Gasteiger partial charge in [-0.1, -0.05) is 48.5 Å². The molecule has 0 aliphatic heterocycles. The van der Waals surface area contributed by atoms with Crippen LogP contribution in [0.15, 0.2) is 60.8 Å². The van der Waals surface area contributed by atoms with Crippen molar-refractivity contribution in [3.63, 3.8) is 0 Å². The first-order valence-electron chi connectivity index (χ1n) is 5.83. The summed E-state index contributed by atoms with van der Waals surface area (Å²) in [6, 6.07) is 18.9. The summed E-state index contributed by atoms with van der Waals surface area (Å²) in [5, 5.41) is 5.80. The number of hydrogen-bond acceptors (Lipinski definition) is 1. The summed E-state index contributed by atoms with van der Waals surface area (Å²) in [4.78, 5) is 0. The van der Waals surface area contributed by atoms with Gasteiger partial charge in [-0.25, -0.2) is 0 Å². The Morgan fingerprint density at radius 3 is 2.41 bits per heavy atom. The lowest BCUT2D eigenvalue weighted by atomic mass is 10.1. The predicted octanol–water partition coefficient (Wildman–Crippen LogP) is 3.65. The first kappa shape index (κ1) is 10.1. The van der Waals surface area contributed by atoms with Gasteiger partial charge in [-0.05, 0) is 18.6 Å². The van der Waals surface area contributed by atoms with E-state index >= 15 is 0 Å². The van der Waals surface area contributed by atoms with Crippen LogP contribution in [0.4, 0.5) is 0 Å². The Hall–Kier alpha value is -2.09. The van der Waals surface area contributed by atoms with E-state index in [0.29, 0.717) is 0 Å². The van der Waals surface area contributed by atoms with Crippen molar-refractivity contribution in [2.75, 3.05) is 0 Å². The number of benzene rings is 2. The monoisotopic (exact) mass is 222 g/mol. The van der Waals surface area contributed by atoms with Gasteiger partial charge >= 0.3 is 0 Å². The first-order valence-corrected chi connectivity index (χ1v) is 5.83. The van der Waals surface area contributed by atoms with Crippen LogP contribution in [0.25, 0.3) is 10.9 Å². The molecule has 0 amide bonds. The number of aromatic nitrogens is 2. The molecule has 0 saturated carbocycles. The Bertz CT molecular complexity index is 592. The third-order valence-electron chi connectivity index (χ3n) is 3.11. The van der Waals surface area contributed by atoms with E-state index in [9.17, 15) is 0 Å². The van der Waals surface area contributed by atoms with E-state index in [0.717, 1.165) is 5.52 Å². The van der Waals surface area contributed by atoms with Crippen molar-refractivity contribution >= 4 is 10.9 Å². The molecule has 1 aromatic heterocycles. The molecular formula is C15H14N2. The van der Waals surface area contributed by atoms with Crippen molar-refractivity contribution in [2.24, 2.45) is 0 Å². The molecule has 0 spiro atoms. The SMILES string of the molecule is CC(c1ccccc1)n1cc2ccccc2n1. The molecule has 0 aliphatic rings. The average molecular weight is 222 g/mol. The maximum Gasteiger partial charge on any atom is 0.0923 e. The van der Waals surface area contributed by atoms with Gasteiger partial charge in [0.2, 0.25) is 0 Å². The minimum Gasteiger partial charge on any atom is -0.264 e. The molecule has 0 saturated heterocycles. The van der Waals surface area contributed by atoms with Gasteiger partial charge in [-0.3, -0.25) is 4.68 Å². The smallest absolute Gasteiger partial charge is 0.0923 e.